The van der Waals surface area contributed by atoms with Crippen LogP contribution in [-0.2, 0) is 5.41 Å². The molecule has 1 aliphatic heterocycles. The summed E-state index contributed by atoms with van der Waals surface area (Å²) in [6.07, 6.45) is 5.48. The number of pyridine rings is 2. The van der Waals surface area contributed by atoms with E-state index in [0.29, 0.717) is 31.6 Å². The molecule has 1 saturated heterocycles. The fourth-order valence-electron chi connectivity index (χ4n) is 4.94. The Hall–Kier alpha value is -3.46. The zero-order chi connectivity index (χ0) is 23.3. The molecule has 8 nitrogen and oxygen atoms in total. The minimum atomic E-state index is -1.33. The van der Waals surface area contributed by atoms with Gasteiger partial charge >= 0.3 is 5.97 Å². The maximum absolute atomic E-state index is 15.6. The highest BCUT2D eigenvalue weighted by molar-refractivity contribution is 5.97. The highest BCUT2D eigenvalue weighted by atomic mass is 19.1. The average molecular weight is 452 g/mol. The molecule has 0 radical (unpaired) electrons. The van der Waals surface area contributed by atoms with Gasteiger partial charge in [0.15, 0.2) is 11.6 Å². The van der Waals surface area contributed by atoms with E-state index in [4.69, 9.17) is 10.5 Å². The van der Waals surface area contributed by atoms with Crippen molar-refractivity contribution >= 4 is 22.6 Å². The summed E-state index contributed by atoms with van der Waals surface area (Å²) in [5.74, 6) is -1.72. The molecule has 5 rings (SSSR count). The van der Waals surface area contributed by atoms with Crippen molar-refractivity contribution < 1.29 is 19.0 Å². The summed E-state index contributed by atoms with van der Waals surface area (Å²) in [5, 5.41) is 9.51. The lowest BCUT2D eigenvalue weighted by atomic mass is 9.83. The highest BCUT2D eigenvalue weighted by Crippen LogP contribution is 2.46. The minimum Gasteiger partial charge on any atom is -0.492 e. The van der Waals surface area contributed by atoms with Gasteiger partial charge in [0, 0.05) is 49.2 Å². The second-order valence-corrected chi connectivity index (χ2v) is 8.82. The van der Waals surface area contributed by atoms with Gasteiger partial charge in [0.2, 0.25) is 5.43 Å². The Morgan fingerprint density at radius 2 is 2.18 bits per heavy atom. The first-order valence-corrected chi connectivity index (χ1v) is 11.0. The van der Waals surface area contributed by atoms with Crippen LogP contribution in [-0.4, -0.2) is 47.4 Å². The van der Waals surface area contributed by atoms with Gasteiger partial charge in [-0.25, -0.2) is 9.18 Å². The number of halogens is 1. The predicted molar refractivity (Wildman–Crippen MR) is 122 cm³/mol. The van der Waals surface area contributed by atoms with E-state index in [0.717, 1.165) is 24.6 Å². The molecule has 3 N–H and O–H groups in total. The summed E-state index contributed by atoms with van der Waals surface area (Å²) in [5.41, 5.74) is 6.20. The summed E-state index contributed by atoms with van der Waals surface area (Å²) >= 11 is 0. The molecule has 1 atom stereocenters. The van der Waals surface area contributed by atoms with Crippen molar-refractivity contribution in [3.63, 3.8) is 0 Å². The van der Waals surface area contributed by atoms with Crippen molar-refractivity contribution in [1.82, 2.24) is 9.55 Å². The standard InChI is InChI=1S/C24H25FN4O4/c1-33-22-19-15(21(30)16(23(31)32)11-29(19)14-5-6-14)10-17(25)20(22)28-9-7-24(12-26,13-28)18-4-2-3-8-27-18/h2-4,8,10-11,14H,5-7,9,12-13,26H2,1H3,(H,31,32). The second kappa shape index (κ2) is 7.84. The topological polar surface area (TPSA) is 111 Å². The van der Waals surface area contributed by atoms with E-state index >= 15 is 4.39 Å². The molecule has 1 aliphatic carbocycles. The SMILES string of the molecule is COc1c(N2CCC(CN)(c3ccccn3)C2)c(F)cc2c(=O)c(C(=O)O)cn(C3CC3)c12. The number of nitrogens with zero attached hydrogens (tertiary/aromatic N) is 3. The first-order chi connectivity index (χ1) is 15.9. The maximum Gasteiger partial charge on any atom is 0.341 e. The molecular formula is C24H25FN4O4. The number of anilines is 1. The van der Waals surface area contributed by atoms with E-state index in [9.17, 15) is 14.7 Å². The van der Waals surface area contributed by atoms with E-state index in [1.807, 2.05) is 23.1 Å². The third-order valence-corrected chi connectivity index (χ3v) is 6.84. The lowest BCUT2D eigenvalue weighted by molar-refractivity contribution is 0.0695. The molecule has 1 saturated carbocycles. The van der Waals surface area contributed by atoms with E-state index in [1.165, 1.54) is 13.3 Å². The van der Waals surface area contributed by atoms with Crippen LogP contribution < -0.4 is 20.8 Å². The van der Waals surface area contributed by atoms with Crippen molar-refractivity contribution in [3.8, 4) is 5.75 Å². The van der Waals surface area contributed by atoms with Crippen LogP contribution in [0.5, 0.6) is 5.75 Å². The van der Waals surface area contributed by atoms with Gasteiger partial charge in [-0.05, 0) is 37.5 Å². The fraction of sp³-hybridized carbons (Fsp3) is 0.375. The number of aromatic carboxylic acids is 1. The quantitative estimate of drug-likeness (QED) is 0.592. The molecule has 33 heavy (non-hydrogen) atoms. The van der Waals surface area contributed by atoms with E-state index < -0.39 is 22.6 Å². The molecule has 3 aromatic rings. The highest BCUT2D eigenvalue weighted by Gasteiger charge is 2.42. The number of methoxy groups -OCH3 is 1. The van der Waals surface area contributed by atoms with Gasteiger partial charge in [-0.1, -0.05) is 6.07 Å². The molecule has 1 unspecified atom stereocenters. The summed E-state index contributed by atoms with van der Waals surface area (Å²) in [7, 11) is 1.44. The van der Waals surface area contributed by atoms with Crippen molar-refractivity contribution in [2.45, 2.75) is 30.7 Å². The first-order valence-electron chi connectivity index (χ1n) is 11.0. The number of carboxylic acids is 1. The van der Waals surface area contributed by atoms with Gasteiger partial charge in [0.1, 0.15) is 11.3 Å². The summed E-state index contributed by atoms with van der Waals surface area (Å²) < 4.78 is 23.0. The molecule has 2 aromatic heterocycles. The Bertz CT molecular complexity index is 1310. The van der Waals surface area contributed by atoms with Gasteiger partial charge < -0.3 is 25.0 Å². The maximum atomic E-state index is 15.6. The number of aromatic nitrogens is 2. The Morgan fingerprint density at radius 1 is 1.39 bits per heavy atom. The van der Waals surface area contributed by atoms with Crippen molar-refractivity contribution in [3.05, 3.63) is 64.0 Å². The average Bonchev–Trinajstić information content (AvgIpc) is 3.57. The third kappa shape index (κ3) is 3.34. The smallest absolute Gasteiger partial charge is 0.341 e. The van der Waals surface area contributed by atoms with Gasteiger partial charge in [-0.15, -0.1) is 0 Å². The van der Waals surface area contributed by atoms with E-state index in [2.05, 4.69) is 4.98 Å². The number of nitrogens with two attached hydrogens (primary N) is 1. The van der Waals surface area contributed by atoms with Crippen LogP contribution in [0.25, 0.3) is 10.9 Å². The number of carbonyl (C=O) groups is 1. The minimum absolute atomic E-state index is 0.00825. The number of hydrogen-bond acceptors (Lipinski definition) is 6. The zero-order valence-electron chi connectivity index (χ0n) is 18.3. The summed E-state index contributed by atoms with van der Waals surface area (Å²) in [6.45, 7) is 1.33. The van der Waals surface area contributed by atoms with Crippen LogP contribution in [0, 0.1) is 5.82 Å². The number of rotatable bonds is 6. The molecule has 0 bridgehead atoms. The molecule has 3 heterocycles. The zero-order valence-corrected chi connectivity index (χ0v) is 18.3. The van der Waals surface area contributed by atoms with Crippen LogP contribution >= 0.6 is 0 Å². The second-order valence-electron chi connectivity index (χ2n) is 8.82. The van der Waals surface area contributed by atoms with Gasteiger partial charge in [-0.2, -0.15) is 0 Å². The van der Waals surface area contributed by atoms with Crippen molar-refractivity contribution in [2.75, 3.05) is 31.6 Å². The molecule has 0 amide bonds. The molecule has 9 heteroatoms. The van der Waals surface area contributed by atoms with Crippen molar-refractivity contribution in [1.29, 1.82) is 0 Å². The number of benzene rings is 1. The molecule has 2 aliphatic rings. The number of ether oxygens (including phenoxy) is 1. The van der Waals surface area contributed by atoms with Gasteiger partial charge in [0.25, 0.3) is 0 Å². The monoisotopic (exact) mass is 452 g/mol. The Labute approximate surface area is 189 Å². The number of carboxylic acid groups (broad SMARTS) is 1. The third-order valence-electron chi connectivity index (χ3n) is 6.84. The van der Waals surface area contributed by atoms with E-state index in [-0.39, 0.29) is 28.4 Å². The lowest BCUT2D eigenvalue weighted by Gasteiger charge is -2.29. The van der Waals surface area contributed by atoms with Crippen LogP contribution in [0.1, 0.15) is 41.4 Å². The Morgan fingerprint density at radius 3 is 2.79 bits per heavy atom. The molecule has 2 fully saturated rings. The number of fused-ring (bicyclic) bond motifs is 1. The van der Waals surface area contributed by atoms with Gasteiger partial charge in [-0.3, -0.25) is 9.78 Å². The van der Waals surface area contributed by atoms with Crippen LogP contribution in [0.4, 0.5) is 10.1 Å². The predicted octanol–water partition coefficient (Wildman–Crippen LogP) is 2.68. The molecule has 1 aromatic carbocycles. The largest absolute Gasteiger partial charge is 0.492 e. The van der Waals surface area contributed by atoms with Crippen LogP contribution in [0.3, 0.4) is 0 Å². The Balaban J connectivity index is 1.69. The van der Waals surface area contributed by atoms with Crippen LogP contribution in [0.15, 0.2) is 41.5 Å². The molecule has 0 spiro atoms. The first kappa shape index (κ1) is 21.4. The lowest BCUT2D eigenvalue weighted by Crippen LogP contribution is -2.39. The molecular weight excluding hydrogens is 427 g/mol. The van der Waals surface area contributed by atoms with Gasteiger partial charge in [0.05, 0.1) is 18.0 Å². The number of hydrogen-bond donors (Lipinski definition) is 2. The molecule has 172 valence electrons. The van der Waals surface area contributed by atoms with Crippen molar-refractivity contribution in [2.24, 2.45) is 5.73 Å². The normalized spacial score (nSPS) is 20.4. The van der Waals surface area contributed by atoms with E-state index in [1.54, 1.807) is 10.8 Å². The Kier molecular flexibility index (Phi) is 5.08. The van der Waals surface area contributed by atoms with Crippen LogP contribution in [0.2, 0.25) is 0 Å². The summed E-state index contributed by atoms with van der Waals surface area (Å²) in [6, 6.07) is 6.88. The fourth-order valence-corrected chi connectivity index (χ4v) is 4.94. The summed E-state index contributed by atoms with van der Waals surface area (Å²) in [4.78, 5) is 30.9.